The van der Waals surface area contributed by atoms with E-state index in [0.717, 1.165) is 18.8 Å². The largest absolute Gasteiger partial charge is 0.392 e. The van der Waals surface area contributed by atoms with E-state index in [2.05, 4.69) is 46.2 Å². The summed E-state index contributed by atoms with van der Waals surface area (Å²) in [6, 6.07) is 8.61. The number of aryl methyl sites for hydroxylation is 1. The van der Waals surface area contributed by atoms with Crippen LogP contribution in [-0.4, -0.2) is 26.9 Å². The Labute approximate surface area is 103 Å². The van der Waals surface area contributed by atoms with Crippen molar-refractivity contribution in [3.8, 4) is 0 Å². The van der Waals surface area contributed by atoms with Crippen molar-refractivity contribution >= 4 is 12.4 Å². The SMILES string of the molecule is C=N/C(=C\NC)CN1CCCc2ccccc21. The summed E-state index contributed by atoms with van der Waals surface area (Å²) in [5.74, 6) is 0. The number of para-hydroxylation sites is 1. The maximum atomic E-state index is 4.05. The Bertz CT molecular complexity index is 423. The third-order valence-corrected chi connectivity index (χ3v) is 3.07. The molecule has 0 bridgehead atoms. The molecule has 0 aliphatic carbocycles. The minimum Gasteiger partial charge on any atom is -0.392 e. The summed E-state index contributed by atoms with van der Waals surface area (Å²) in [5, 5.41) is 3.01. The fourth-order valence-corrected chi connectivity index (χ4v) is 2.28. The van der Waals surface area contributed by atoms with Gasteiger partial charge < -0.3 is 10.2 Å². The lowest BCUT2D eigenvalue weighted by Gasteiger charge is -2.31. The predicted octanol–water partition coefficient (Wildman–Crippen LogP) is 2.20. The first-order valence-electron chi connectivity index (χ1n) is 6.01. The van der Waals surface area contributed by atoms with E-state index in [1.807, 2.05) is 13.2 Å². The van der Waals surface area contributed by atoms with Gasteiger partial charge in [0, 0.05) is 25.5 Å². The van der Waals surface area contributed by atoms with E-state index in [0.29, 0.717) is 0 Å². The van der Waals surface area contributed by atoms with Gasteiger partial charge in [-0.15, -0.1) is 0 Å². The number of hydrogen-bond acceptors (Lipinski definition) is 3. The molecule has 0 aromatic heterocycles. The summed E-state index contributed by atoms with van der Waals surface area (Å²) in [6.07, 6.45) is 4.30. The number of benzene rings is 1. The average molecular weight is 229 g/mol. The number of nitrogens with one attached hydrogen (secondary N) is 1. The van der Waals surface area contributed by atoms with Crippen molar-refractivity contribution < 1.29 is 0 Å². The van der Waals surface area contributed by atoms with Gasteiger partial charge in [-0.25, -0.2) is 0 Å². The van der Waals surface area contributed by atoms with Gasteiger partial charge in [-0.05, 0) is 31.2 Å². The molecule has 0 radical (unpaired) electrons. The van der Waals surface area contributed by atoms with Crippen molar-refractivity contribution in [2.75, 3.05) is 25.0 Å². The highest BCUT2D eigenvalue weighted by Crippen LogP contribution is 2.27. The van der Waals surface area contributed by atoms with Crippen LogP contribution in [0.1, 0.15) is 12.0 Å². The van der Waals surface area contributed by atoms with Crippen molar-refractivity contribution in [2.45, 2.75) is 12.8 Å². The number of aliphatic imine (C=N–C) groups is 1. The number of rotatable bonds is 4. The van der Waals surface area contributed by atoms with Crippen LogP contribution in [0, 0.1) is 0 Å². The Balaban J connectivity index is 2.18. The normalized spacial score (nSPS) is 15.4. The van der Waals surface area contributed by atoms with Gasteiger partial charge in [0.1, 0.15) is 0 Å². The van der Waals surface area contributed by atoms with E-state index in [-0.39, 0.29) is 0 Å². The first kappa shape index (κ1) is 11.7. The summed E-state index contributed by atoms with van der Waals surface area (Å²) in [7, 11) is 1.88. The molecule has 0 amide bonds. The molecule has 2 rings (SSSR count). The van der Waals surface area contributed by atoms with Gasteiger partial charge in [0.15, 0.2) is 0 Å². The van der Waals surface area contributed by atoms with E-state index < -0.39 is 0 Å². The van der Waals surface area contributed by atoms with Gasteiger partial charge >= 0.3 is 0 Å². The molecule has 3 heteroatoms. The molecule has 0 spiro atoms. The third-order valence-electron chi connectivity index (χ3n) is 3.07. The smallest absolute Gasteiger partial charge is 0.0745 e. The van der Waals surface area contributed by atoms with Crippen LogP contribution >= 0.6 is 0 Å². The minimum atomic E-state index is 0.821. The molecule has 0 unspecified atom stereocenters. The predicted molar refractivity (Wildman–Crippen MR) is 73.7 cm³/mol. The molecular weight excluding hydrogens is 210 g/mol. The highest BCUT2D eigenvalue weighted by Gasteiger charge is 2.16. The molecule has 0 fully saturated rings. The molecule has 1 aromatic carbocycles. The van der Waals surface area contributed by atoms with Crippen LogP contribution in [0.3, 0.4) is 0 Å². The highest BCUT2D eigenvalue weighted by molar-refractivity contribution is 5.56. The molecular formula is C14H19N3. The quantitative estimate of drug-likeness (QED) is 0.802. The Hall–Kier alpha value is -1.77. The second-order valence-corrected chi connectivity index (χ2v) is 4.24. The third kappa shape index (κ3) is 2.67. The molecule has 0 saturated heterocycles. The lowest BCUT2D eigenvalue weighted by atomic mass is 10.0. The summed E-state index contributed by atoms with van der Waals surface area (Å²) in [6.45, 7) is 5.53. The zero-order valence-corrected chi connectivity index (χ0v) is 10.3. The molecule has 1 aliphatic heterocycles. The average Bonchev–Trinajstić information content (AvgIpc) is 2.38. The number of nitrogens with zero attached hydrogens (tertiary/aromatic N) is 2. The maximum Gasteiger partial charge on any atom is 0.0745 e. The van der Waals surface area contributed by atoms with Crippen LogP contribution in [0.15, 0.2) is 41.2 Å². The Morgan fingerprint density at radius 2 is 2.35 bits per heavy atom. The lowest BCUT2D eigenvalue weighted by molar-refractivity contribution is 0.711. The molecule has 0 saturated carbocycles. The van der Waals surface area contributed by atoms with E-state index in [9.17, 15) is 0 Å². The van der Waals surface area contributed by atoms with Crippen molar-refractivity contribution in [3.05, 3.63) is 41.7 Å². The van der Waals surface area contributed by atoms with E-state index in [1.165, 1.54) is 24.1 Å². The second kappa shape index (κ2) is 5.53. The van der Waals surface area contributed by atoms with Gasteiger partial charge in [-0.3, -0.25) is 4.99 Å². The molecule has 90 valence electrons. The van der Waals surface area contributed by atoms with Crippen LogP contribution in [0.25, 0.3) is 0 Å². The van der Waals surface area contributed by atoms with Crippen LogP contribution in [0.5, 0.6) is 0 Å². The van der Waals surface area contributed by atoms with E-state index in [4.69, 9.17) is 0 Å². The van der Waals surface area contributed by atoms with Gasteiger partial charge in [0.2, 0.25) is 0 Å². The second-order valence-electron chi connectivity index (χ2n) is 4.24. The first-order valence-corrected chi connectivity index (χ1v) is 6.01. The van der Waals surface area contributed by atoms with Crippen molar-refractivity contribution in [1.29, 1.82) is 0 Å². The number of fused-ring (bicyclic) bond motifs is 1. The van der Waals surface area contributed by atoms with Gasteiger partial charge in [-0.1, -0.05) is 18.2 Å². The van der Waals surface area contributed by atoms with Gasteiger partial charge in [0.05, 0.1) is 12.2 Å². The van der Waals surface area contributed by atoms with Crippen molar-refractivity contribution in [1.82, 2.24) is 5.32 Å². The van der Waals surface area contributed by atoms with Crippen LogP contribution < -0.4 is 10.2 Å². The van der Waals surface area contributed by atoms with E-state index in [1.54, 1.807) is 0 Å². The molecule has 1 aliphatic rings. The highest BCUT2D eigenvalue weighted by atomic mass is 15.1. The van der Waals surface area contributed by atoms with Crippen LogP contribution in [-0.2, 0) is 6.42 Å². The first-order chi connectivity index (χ1) is 8.35. The molecule has 3 nitrogen and oxygen atoms in total. The molecule has 17 heavy (non-hydrogen) atoms. The summed E-state index contributed by atoms with van der Waals surface area (Å²) in [4.78, 5) is 6.42. The van der Waals surface area contributed by atoms with E-state index >= 15 is 0 Å². The van der Waals surface area contributed by atoms with Gasteiger partial charge in [-0.2, -0.15) is 0 Å². The topological polar surface area (TPSA) is 27.6 Å². The van der Waals surface area contributed by atoms with Gasteiger partial charge in [0.25, 0.3) is 0 Å². The standard InChI is InChI=1S/C14H19N3/c1-15-10-13(16-2)11-17-9-5-7-12-6-3-4-8-14(12)17/h3-4,6,8,10,15H,2,5,7,9,11H2,1H3/b13-10-. The summed E-state index contributed by atoms with van der Waals surface area (Å²) in [5.41, 5.74) is 3.75. The number of anilines is 1. The Morgan fingerprint density at radius 1 is 1.53 bits per heavy atom. The molecule has 1 aromatic rings. The summed E-state index contributed by atoms with van der Waals surface area (Å²) >= 11 is 0. The maximum absolute atomic E-state index is 4.05. The van der Waals surface area contributed by atoms with Crippen LogP contribution in [0.2, 0.25) is 0 Å². The van der Waals surface area contributed by atoms with Crippen molar-refractivity contribution in [3.63, 3.8) is 0 Å². The molecule has 0 atom stereocenters. The van der Waals surface area contributed by atoms with Crippen molar-refractivity contribution in [2.24, 2.45) is 4.99 Å². The summed E-state index contributed by atoms with van der Waals surface area (Å²) < 4.78 is 0. The minimum absolute atomic E-state index is 0.821. The Kier molecular flexibility index (Phi) is 3.81. The van der Waals surface area contributed by atoms with Crippen LogP contribution in [0.4, 0.5) is 5.69 Å². The zero-order chi connectivity index (χ0) is 12.1. The fraction of sp³-hybridized carbons (Fsp3) is 0.357. The molecule has 1 heterocycles. The monoisotopic (exact) mass is 229 g/mol. The number of hydrogen-bond donors (Lipinski definition) is 1. The fourth-order valence-electron chi connectivity index (χ4n) is 2.28. The Morgan fingerprint density at radius 3 is 3.12 bits per heavy atom. The molecule has 1 N–H and O–H groups in total. The lowest BCUT2D eigenvalue weighted by Crippen LogP contribution is -2.31. The zero-order valence-electron chi connectivity index (χ0n) is 10.3.